The average Bonchev–Trinajstić information content (AvgIpc) is 2.81. The van der Waals surface area contributed by atoms with E-state index in [-0.39, 0.29) is 5.91 Å². The Hall–Kier alpha value is -1.02. The number of carbonyl (C=O) groups is 1. The second-order valence-corrected chi connectivity index (χ2v) is 4.94. The second kappa shape index (κ2) is 8.15. The highest BCUT2D eigenvalue weighted by Gasteiger charge is 2.08. The molecule has 7 heteroatoms. The lowest BCUT2D eigenvalue weighted by Crippen LogP contribution is -2.28. The normalized spacial score (nSPS) is 10.9. The van der Waals surface area contributed by atoms with Crippen molar-refractivity contribution in [3.05, 3.63) is 16.1 Å². The molecule has 1 heterocycles. The molecular weight excluding hydrogens is 252 g/mol. The van der Waals surface area contributed by atoms with Crippen LogP contribution in [0.3, 0.4) is 0 Å². The van der Waals surface area contributed by atoms with E-state index in [1.807, 2.05) is 19.0 Å². The van der Waals surface area contributed by atoms with Gasteiger partial charge in [0.2, 0.25) is 0 Å². The van der Waals surface area contributed by atoms with Crippen LogP contribution in [-0.4, -0.2) is 56.2 Å². The Balaban J connectivity index is 2.13. The monoisotopic (exact) mass is 272 g/mol. The van der Waals surface area contributed by atoms with Crippen LogP contribution in [0.15, 0.2) is 5.38 Å². The van der Waals surface area contributed by atoms with Crippen LogP contribution < -0.4 is 11.1 Å². The number of nitrogens with two attached hydrogens (primary N) is 1. The molecule has 1 amide bonds. The largest absolute Gasteiger partial charge is 0.378 e. The molecule has 0 bridgehead atoms. The van der Waals surface area contributed by atoms with Crippen LogP contribution in [0, 0.1) is 0 Å². The van der Waals surface area contributed by atoms with E-state index in [2.05, 4.69) is 10.3 Å². The Morgan fingerprint density at radius 2 is 2.33 bits per heavy atom. The van der Waals surface area contributed by atoms with Gasteiger partial charge >= 0.3 is 0 Å². The lowest BCUT2D eigenvalue weighted by molar-refractivity contribution is 0.0896. The molecule has 0 aliphatic heterocycles. The number of carbonyl (C=O) groups excluding carboxylic acids is 1. The number of aromatic nitrogens is 1. The predicted molar refractivity (Wildman–Crippen MR) is 71.7 cm³/mol. The first-order chi connectivity index (χ1) is 8.63. The summed E-state index contributed by atoms with van der Waals surface area (Å²) in [7, 11) is 3.98. The van der Waals surface area contributed by atoms with Gasteiger partial charge in [0, 0.05) is 25.0 Å². The fourth-order valence-electron chi connectivity index (χ4n) is 1.19. The lowest BCUT2D eigenvalue weighted by Gasteiger charge is -2.09. The van der Waals surface area contributed by atoms with Crippen LogP contribution >= 0.6 is 11.3 Å². The molecular formula is C11H20N4O2S. The molecule has 0 saturated heterocycles. The van der Waals surface area contributed by atoms with Crippen LogP contribution in [0.4, 0.5) is 0 Å². The summed E-state index contributed by atoms with van der Waals surface area (Å²) in [4.78, 5) is 17.8. The number of thiazole rings is 1. The van der Waals surface area contributed by atoms with Crippen LogP contribution in [-0.2, 0) is 11.3 Å². The first-order valence-corrected chi connectivity index (χ1v) is 6.66. The number of rotatable bonds is 8. The molecule has 0 aliphatic carbocycles. The molecule has 0 spiro atoms. The molecule has 0 aliphatic rings. The minimum Gasteiger partial charge on any atom is -0.378 e. The second-order valence-electron chi connectivity index (χ2n) is 4.00. The van der Waals surface area contributed by atoms with Crippen LogP contribution in [0.2, 0.25) is 0 Å². The van der Waals surface area contributed by atoms with Crippen molar-refractivity contribution in [2.45, 2.75) is 6.54 Å². The Morgan fingerprint density at radius 1 is 1.56 bits per heavy atom. The van der Waals surface area contributed by atoms with Gasteiger partial charge in [-0.2, -0.15) is 0 Å². The molecule has 1 aromatic rings. The molecule has 18 heavy (non-hydrogen) atoms. The fourth-order valence-corrected chi connectivity index (χ4v) is 1.84. The maximum Gasteiger partial charge on any atom is 0.270 e. The maximum atomic E-state index is 11.6. The Bertz CT molecular complexity index is 368. The SMILES string of the molecule is CN(C)CCOCCNC(=O)c1csc(CN)n1. The molecule has 6 nitrogen and oxygen atoms in total. The highest BCUT2D eigenvalue weighted by atomic mass is 32.1. The molecule has 0 aromatic carbocycles. The Morgan fingerprint density at radius 3 is 2.94 bits per heavy atom. The zero-order valence-corrected chi connectivity index (χ0v) is 11.6. The Kier molecular flexibility index (Phi) is 6.81. The number of hydrogen-bond donors (Lipinski definition) is 2. The van der Waals surface area contributed by atoms with E-state index < -0.39 is 0 Å². The quantitative estimate of drug-likeness (QED) is 0.647. The number of hydrogen-bond acceptors (Lipinski definition) is 6. The van der Waals surface area contributed by atoms with Gasteiger partial charge in [0.15, 0.2) is 0 Å². The van der Waals surface area contributed by atoms with E-state index in [0.717, 1.165) is 11.6 Å². The van der Waals surface area contributed by atoms with Gasteiger partial charge in [-0.1, -0.05) is 0 Å². The van der Waals surface area contributed by atoms with Crippen molar-refractivity contribution < 1.29 is 9.53 Å². The minimum atomic E-state index is -0.179. The van der Waals surface area contributed by atoms with E-state index in [1.54, 1.807) is 5.38 Å². The van der Waals surface area contributed by atoms with Crippen molar-refractivity contribution in [1.82, 2.24) is 15.2 Å². The molecule has 1 aromatic heterocycles. The van der Waals surface area contributed by atoms with E-state index in [4.69, 9.17) is 10.5 Å². The predicted octanol–water partition coefficient (Wildman–Crippen LogP) is -0.0902. The number of amides is 1. The molecule has 0 atom stereocenters. The van der Waals surface area contributed by atoms with E-state index in [9.17, 15) is 4.79 Å². The summed E-state index contributed by atoms with van der Waals surface area (Å²) in [6, 6.07) is 0. The average molecular weight is 272 g/mol. The summed E-state index contributed by atoms with van der Waals surface area (Å²) >= 11 is 1.39. The van der Waals surface area contributed by atoms with Crippen molar-refractivity contribution >= 4 is 17.2 Å². The molecule has 3 N–H and O–H groups in total. The molecule has 0 unspecified atom stereocenters. The molecule has 0 radical (unpaired) electrons. The summed E-state index contributed by atoms with van der Waals surface area (Å²) in [5.41, 5.74) is 5.86. The van der Waals surface area contributed by atoms with Crippen molar-refractivity contribution in [1.29, 1.82) is 0 Å². The summed E-state index contributed by atoms with van der Waals surface area (Å²) < 4.78 is 5.36. The minimum absolute atomic E-state index is 0.179. The van der Waals surface area contributed by atoms with Gasteiger partial charge in [-0.05, 0) is 14.1 Å². The van der Waals surface area contributed by atoms with E-state index in [0.29, 0.717) is 32.0 Å². The van der Waals surface area contributed by atoms with Crippen molar-refractivity contribution in [3.8, 4) is 0 Å². The number of likely N-dealkylation sites (N-methyl/N-ethyl adjacent to an activating group) is 1. The summed E-state index contributed by atoms with van der Waals surface area (Å²) in [6.07, 6.45) is 0. The van der Waals surface area contributed by atoms with Gasteiger partial charge in [-0.3, -0.25) is 4.79 Å². The number of nitrogens with zero attached hydrogens (tertiary/aromatic N) is 2. The summed E-state index contributed by atoms with van der Waals surface area (Å²) in [5.74, 6) is -0.179. The van der Waals surface area contributed by atoms with Crippen LogP contribution in [0.1, 0.15) is 15.5 Å². The van der Waals surface area contributed by atoms with E-state index in [1.165, 1.54) is 11.3 Å². The summed E-state index contributed by atoms with van der Waals surface area (Å²) in [5, 5.41) is 5.23. The summed E-state index contributed by atoms with van der Waals surface area (Å²) in [6.45, 7) is 2.90. The highest BCUT2D eigenvalue weighted by molar-refractivity contribution is 7.09. The highest BCUT2D eigenvalue weighted by Crippen LogP contribution is 2.08. The third-order valence-corrected chi connectivity index (χ3v) is 3.04. The van der Waals surface area contributed by atoms with Crippen LogP contribution in [0.25, 0.3) is 0 Å². The smallest absolute Gasteiger partial charge is 0.270 e. The van der Waals surface area contributed by atoms with Crippen molar-refractivity contribution in [3.63, 3.8) is 0 Å². The van der Waals surface area contributed by atoms with Crippen molar-refractivity contribution in [2.75, 3.05) is 40.4 Å². The van der Waals surface area contributed by atoms with Gasteiger partial charge < -0.3 is 20.7 Å². The zero-order chi connectivity index (χ0) is 13.4. The molecule has 0 saturated carbocycles. The fraction of sp³-hybridized carbons (Fsp3) is 0.636. The third kappa shape index (κ3) is 5.54. The van der Waals surface area contributed by atoms with E-state index >= 15 is 0 Å². The standard InChI is InChI=1S/C11H20N4O2S/c1-15(2)4-6-17-5-3-13-11(16)9-8-18-10(7-12)14-9/h8H,3-7,12H2,1-2H3,(H,13,16). The van der Waals surface area contributed by atoms with Crippen molar-refractivity contribution in [2.24, 2.45) is 5.73 Å². The number of ether oxygens (including phenoxy) is 1. The molecule has 0 fully saturated rings. The Labute approximate surface area is 111 Å². The maximum absolute atomic E-state index is 11.6. The number of nitrogens with one attached hydrogen (secondary N) is 1. The topological polar surface area (TPSA) is 80.5 Å². The third-order valence-electron chi connectivity index (χ3n) is 2.17. The van der Waals surface area contributed by atoms with Gasteiger partial charge in [0.25, 0.3) is 5.91 Å². The van der Waals surface area contributed by atoms with Gasteiger partial charge in [-0.25, -0.2) is 4.98 Å². The zero-order valence-electron chi connectivity index (χ0n) is 10.8. The first-order valence-electron chi connectivity index (χ1n) is 5.78. The van der Waals surface area contributed by atoms with Crippen LogP contribution in [0.5, 0.6) is 0 Å². The van der Waals surface area contributed by atoms with Gasteiger partial charge in [0.05, 0.1) is 13.2 Å². The lowest BCUT2D eigenvalue weighted by atomic mass is 10.4. The molecule has 102 valence electrons. The molecule has 1 rings (SSSR count). The van der Waals surface area contributed by atoms with Gasteiger partial charge in [-0.15, -0.1) is 11.3 Å². The first kappa shape index (κ1) is 15.0. The van der Waals surface area contributed by atoms with Gasteiger partial charge in [0.1, 0.15) is 10.7 Å².